The number of fused-ring (bicyclic) bond motifs is 1. The van der Waals surface area contributed by atoms with E-state index in [1.54, 1.807) is 7.11 Å². The second-order valence-electron chi connectivity index (χ2n) is 6.09. The molecule has 6 nitrogen and oxygen atoms in total. The number of hydrazine groups is 1. The Kier molecular flexibility index (Phi) is 3.51. The van der Waals surface area contributed by atoms with Crippen LogP contribution in [0, 0.1) is 0 Å². The normalized spacial score (nSPS) is 22.5. The minimum Gasteiger partial charge on any atom is -0.497 e. The lowest BCUT2D eigenvalue weighted by molar-refractivity contribution is -0.139. The Labute approximate surface area is 139 Å². The minimum absolute atomic E-state index is 0.112. The van der Waals surface area contributed by atoms with Crippen LogP contribution in [0.4, 0.5) is 5.69 Å². The van der Waals surface area contributed by atoms with E-state index < -0.39 is 0 Å². The monoisotopic (exact) mass is 333 g/mol. The van der Waals surface area contributed by atoms with E-state index in [4.69, 9.17) is 15.3 Å². The first-order valence-electron chi connectivity index (χ1n) is 7.66. The lowest BCUT2D eigenvalue weighted by Gasteiger charge is -2.48. The number of methoxy groups -OCH3 is 1. The van der Waals surface area contributed by atoms with Crippen LogP contribution in [0.3, 0.4) is 0 Å². The summed E-state index contributed by atoms with van der Waals surface area (Å²) in [6, 6.07) is 5.84. The Morgan fingerprint density at radius 1 is 1.39 bits per heavy atom. The molecule has 1 amide bonds. The third-order valence-corrected chi connectivity index (χ3v) is 6.00. The van der Waals surface area contributed by atoms with Gasteiger partial charge in [-0.2, -0.15) is 0 Å². The van der Waals surface area contributed by atoms with Crippen LogP contribution in [0.25, 0.3) is 0 Å². The first-order chi connectivity index (χ1) is 11.1. The Morgan fingerprint density at radius 2 is 2.17 bits per heavy atom. The summed E-state index contributed by atoms with van der Waals surface area (Å²) in [5, 5.41) is 4.87. The number of hydrogen-bond donors (Lipinski definition) is 2. The Bertz CT molecular complexity index is 698. The Morgan fingerprint density at radius 3 is 2.91 bits per heavy atom. The van der Waals surface area contributed by atoms with Crippen molar-refractivity contribution >= 4 is 23.4 Å². The van der Waals surface area contributed by atoms with Crippen molar-refractivity contribution < 1.29 is 14.3 Å². The standard InChI is InChI=1S/C16H19N3O3S/c1-21-10-2-3-11-13(8-10)23-14-12(18-11)9-16(19(17)15(14)20)4-6-22-7-5-16/h2-3,8,18H,4-7,9,17H2,1H3. The fraction of sp³-hybridized carbons (Fsp3) is 0.438. The Hall–Kier alpha value is -1.70. The zero-order chi connectivity index (χ0) is 16.0. The highest BCUT2D eigenvalue weighted by molar-refractivity contribution is 8.04. The Balaban J connectivity index is 1.70. The largest absolute Gasteiger partial charge is 0.497 e. The number of nitrogens with one attached hydrogen (secondary N) is 1. The quantitative estimate of drug-likeness (QED) is 0.605. The van der Waals surface area contributed by atoms with Gasteiger partial charge in [0.15, 0.2) is 0 Å². The van der Waals surface area contributed by atoms with Crippen LogP contribution in [0.15, 0.2) is 33.7 Å². The molecule has 1 saturated heterocycles. The summed E-state index contributed by atoms with van der Waals surface area (Å²) in [7, 11) is 1.63. The summed E-state index contributed by atoms with van der Waals surface area (Å²) in [5.74, 6) is 6.86. The predicted molar refractivity (Wildman–Crippen MR) is 87.9 cm³/mol. The lowest BCUT2D eigenvalue weighted by atomic mass is 9.82. The number of nitrogens with two attached hydrogens (primary N) is 1. The fourth-order valence-corrected chi connectivity index (χ4v) is 4.47. The van der Waals surface area contributed by atoms with Gasteiger partial charge in [-0.05, 0) is 31.0 Å². The van der Waals surface area contributed by atoms with Gasteiger partial charge in [-0.25, -0.2) is 5.84 Å². The number of rotatable bonds is 1. The summed E-state index contributed by atoms with van der Waals surface area (Å²) < 4.78 is 10.7. The van der Waals surface area contributed by atoms with Crippen molar-refractivity contribution in [3.8, 4) is 5.75 Å². The number of nitrogens with zero attached hydrogens (tertiary/aromatic N) is 1. The smallest absolute Gasteiger partial charge is 0.276 e. The number of thioether (sulfide) groups is 1. The van der Waals surface area contributed by atoms with Gasteiger partial charge in [0.2, 0.25) is 0 Å². The molecule has 23 heavy (non-hydrogen) atoms. The maximum absolute atomic E-state index is 12.8. The van der Waals surface area contributed by atoms with Gasteiger partial charge >= 0.3 is 0 Å². The van der Waals surface area contributed by atoms with Crippen LogP contribution in [0.2, 0.25) is 0 Å². The molecule has 1 spiro atoms. The molecule has 1 fully saturated rings. The first-order valence-corrected chi connectivity index (χ1v) is 8.48. The van der Waals surface area contributed by atoms with Crippen molar-refractivity contribution in [3.05, 3.63) is 28.8 Å². The van der Waals surface area contributed by atoms with Crippen LogP contribution < -0.4 is 15.9 Å². The van der Waals surface area contributed by atoms with Crippen LogP contribution in [-0.4, -0.2) is 36.8 Å². The molecule has 3 aliphatic heterocycles. The SMILES string of the molecule is COc1ccc2c(c1)SC1=C(CC3(CCOCC3)N(N)C1=O)N2. The molecule has 122 valence electrons. The molecule has 0 radical (unpaired) electrons. The summed E-state index contributed by atoms with van der Waals surface area (Å²) >= 11 is 1.46. The second-order valence-corrected chi connectivity index (χ2v) is 7.14. The highest BCUT2D eigenvalue weighted by Gasteiger charge is 2.47. The molecule has 1 aromatic carbocycles. The lowest BCUT2D eigenvalue weighted by Crippen LogP contribution is -2.61. The van der Waals surface area contributed by atoms with E-state index in [9.17, 15) is 4.79 Å². The fourth-order valence-electron chi connectivity index (χ4n) is 3.41. The molecule has 0 bridgehead atoms. The van der Waals surface area contributed by atoms with E-state index in [-0.39, 0.29) is 11.4 Å². The topological polar surface area (TPSA) is 76.8 Å². The van der Waals surface area contributed by atoms with Gasteiger partial charge < -0.3 is 14.8 Å². The summed E-state index contributed by atoms with van der Waals surface area (Å²) in [4.78, 5) is 14.5. The number of hydrogen-bond acceptors (Lipinski definition) is 6. The maximum Gasteiger partial charge on any atom is 0.276 e. The molecule has 0 aliphatic carbocycles. The highest BCUT2D eigenvalue weighted by Crippen LogP contribution is 2.48. The number of benzene rings is 1. The van der Waals surface area contributed by atoms with Gasteiger partial charge in [0, 0.05) is 30.2 Å². The van der Waals surface area contributed by atoms with Crippen LogP contribution >= 0.6 is 11.8 Å². The van der Waals surface area contributed by atoms with Crippen LogP contribution in [0.5, 0.6) is 5.75 Å². The average molecular weight is 333 g/mol. The molecule has 0 atom stereocenters. The van der Waals surface area contributed by atoms with E-state index in [0.29, 0.717) is 18.1 Å². The molecular weight excluding hydrogens is 314 g/mol. The van der Waals surface area contributed by atoms with Crippen molar-refractivity contribution in [1.82, 2.24) is 5.01 Å². The zero-order valence-electron chi connectivity index (χ0n) is 12.9. The number of amides is 1. The number of carbonyl (C=O) groups excluding carboxylic acids is 1. The first kappa shape index (κ1) is 14.9. The van der Waals surface area contributed by atoms with Crippen molar-refractivity contribution in [2.24, 2.45) is 5.84 Å². The summed E-state index contributed by atoms with van der Waals surface area (Å²) in [5.41, 5.74) is 1.66. The zero-order valence-corrected chi connectivity index (χ0v) is 13.7. The van der Waals surface area contributed by atoms with Gasteiger partial charge in [-0.15, -0.1) is 0 Å². The van der Waals surface area contributed by atoms with E-state index in [1.807, 2.05) is 18.2 Å². The van der Waals surface area contributed by atoms with Gasteiger partial charge in [0.1, 0.15) is 5.75 Å². The van der Waals surface area contributed by atoms with Gasteiger partial charge in [0.25, 0.3) is 5.91 Å². The number of carbonyl (C=O) groups is 1. The molecule has 3 heterocycles. The number of ether oxygens (including phenoxy) is 2. The van der Waals surface area contributed by atoms with Crippen molar-refractivity contribution in [1.29, 1.82) is 0 Å². The van der Waals surface area contributed by atoms with Crippen molar-refractivity contribution in [2.75, 3.05) is 25.6 Å². The summed E-state index contributed by atoms with van der Waals surface area (Å²) in [6.45, 7) is 1.29. The molecule has 0 saturated carbocycles. The molecule has 3 aliphatic rings. The van der Waals surface area contributed by atoms with Gasteiger partial charge in [-0.3, -0.25) is 9.80 Å². The van der Waals surface area contributed by atoms with E-state index in [2.05, 4.69) is 5.32 Å². The molecule has 7 heteroatoms. The predicted octanol–water partition coefficient (Wildman–Crippen LogP) is 2.08. The third-order valence-electron chi connectivity index (χ3n) is 4.81. The molecule has 3 N–H and O–H groups in total. The van der Waals surface area contributed by atoms with Crippen LogP contribution in [0.1, 0.15) is 19.3 Å². The molecule has 0 unspecified atom stereocenters. The minimum atomic E-state index is -0.328. The number of anilines is 1. The molecule has 1 aromatic rings. The third kappa shape index (κ3) is 2.31. The van der Waals surface area contributed by atoms with E-state index >= 15 is 0 Å². The average Bonchev–Trinajstić information content (AvgIpc) is 2.59. The van der Waals surface area contributed by atoms with E-state index in [0.717, 1.165) is 41.3 Å². The van der Waals surface area contributed by atoms with Crippen molar-refractivity contribution in [2.45, 2.75) is 29.7 Å². The molecule has 0 aromatic heterocycles. The highest BCUT2D eigenvalue weighted by atomic mass is 32.2. The van der Waals surface area contributed by atoms with Crippen LogP contribution in [-0.2, 0) is 9.53 Å². The summed E-state index contributed by atoms with van der Waals surface area (Å²) in [6.07, 6.45) is 2.29. The maximum atomic E-state index is 12.8. The van der Waals surface area contributed by atoms with E-state index in [1.165, 1.54) is 16.8 Å². The van der Waals surface area contributed by atoms with Gasteiger partial charge in [0.05, 0.1) is 23.2 Å². The second kappa shape index (κ2) is 5.43. The molecule has 4 rings (SSSR count). The van der Waals surface area contributed by atoms with Crippen molar-refractivity contribution in [3.63, 3.8) is 0 Å². The van der Waals surface area contributed by atoms with Gasteiger partial charge in [-0.1, -0.05) is 11.8 Å². The molecular formula is C16H19N3O3S.